The van der Waals surface area contributed by atoms with E-state index < -0.39 is 4.92 Å². The normalized spacial score (nSPS) is 10.5. The Balaban J connectivity index is 1.56. The van der Waals surface area contributed by atoms with Crippen LogP contribution in [0.5, 0.6) is 11.5 Å². The second-order valence-corrected chi connectivity index (χ2v) is 5.42. The van der Waals surface area contributed by atoms with Crippen molar-refractivity contribution >= 4 is 11.5 Å². The monoisotopic (exact) mass is 354 g/mol. The Morgan fingerprint density at radius 3 is 2.50 bits per heavy atom. The van der Waals surface area contributed by atoms with Crippen molar-refractivity contribution in [2.45, 2.75) is 13.2 Å². The van der Waals surface area contributed by atoms with Gasteiger partial charge in [-0.3, -0.25) is 14.9 Å². The van der Waals surface area contributed by atoms with Crippen molar-refractivity contribution in [1.82, 2.24) is 15.0 Å². The van der Waals surface area contributed by atoms with Gasteiger partial charge in [0, 0.05) is 17.7 Å². The Morgan fingerprint density at radius 2 is 1.85 bits per heavy atom. The first kappa shape index (κ1) is 17.1. The maximum absolute atomic E-state index is 12.1. The average Bonchev–Trinajstić information content (AvgIpc) is 3.08. The molecule has 0 saturated heterocycles. The molecule has 3 rings (SSSR count). The van der Waals surface area contributed by atoms with Crippen LogP contribution in [0.25, 0.3) is 0 Å². The van der Waals surface area contributed by atoms with Gasteiger partial charge in [0.1, 0.15) is 30.3 Å². The fourth-order valence-corrected chi connectivity index (χ4v) is 2.19. The van der Waals surface area contributed by atoms with Gasteiger partial charge in [0.2, 0.25) is 0 Å². The highest BCUT2D eigenvalue weighted by molar-refractivity contribution is 5.95. The molecule has 9 heteroatoms. The summed E-state index contributed by atoms with van der Waals surface area (Å²) in [6.45, 7) is 0.126. The molecule has 0 unspecified atom stereocenters. The van der Waals surface area contributed by atoms with Crippen LogP contribution in [0.2, 0.25) is 0 Å². The topological polar surface area (TPSA) is 120 Å². The van der Waals surface area contributed by atoms with E-state index in [-0.39, 0.29) is 30.4 Å². The van der Waals surface area contributed by atoms with Crippen LogP contribution < -0.4 is 4.74 Å². The molecule has 0 aliphatic rings. The molecule has 3 aromatic rings. The molecule has 132 valence electrons. The minimum Gasteiger partial charge on any atom is -0.508 e. The number of ether oxygens (including phenoxy) is 1. The first-order chi connectivity index (χ1) is 12.5. The van der Waals surface area contributed by atoms with E-state index in [2.05, 4.69) is 10.3 Å². The number of nitro benzene ring substituents is 1. The third kappa shape index (κ3) is 4.20. The summed E-state index contributed by atoms with van der Waals surface area (Å²) in [5, 5.41) is 27.6. The molecule has 0 atom stereocenters. The minimum absolute atomic E-state index is 0.00923. The molecule has 0 fully saturated rings. The molecule has 0 saturated carbocycles. The molecule has 0 amide bonds. The van der Waals surface area contributed by atoms with Gasteiger partial charge in [-0.15, -0.1) is 5.10 Å². The average molecular weight is 354 g/mol. The number of nitro groups is 1. The largest absolute Gasteiger partial charge is 0.508 e. The molecule has 2 aromatic carbocycles. The number of carbonyl (C=O) groups is 1. The predicted octanol–water partition coefficient (Wildman–Crippen LogP) is 2.35. The zero-order valence-electron chi connectivity index (χ0n) is 13.5. The maximum atomic E-state index is 12.1. The molecule has 0 bridgehead atoms. The quantitative estimate of drug-likeness (QED) is 0.393. The number of Topliss-reactive ketones (excluding diaryl/α,β-unsaturated/α-hetero) is 1. The van der Waals surface area contributed by atoms with Crippen molar-refractivity contribution in [1.29, 1.82) is 0 Å². The summed E-state index contributed by atoms with van der Waals surface area (Å²) < 4.78 is 6.88. The number of phenols is 1. The van der Waals surface area contributed by atoms with E-state index in [1.54, 1.807) is 6.20 Å². The molecule has 1 N–H and O–H groups in total. The van der Waals surface area contributed by atoms with E-state index in [1.165, 1.54) is 53.2 Å². The predicted molar refractivity (Wildman–Crippen MR) is 89.9 cm³/mol. The van der Waals surface area contributed by atoms with Gasteiger partial charge in [-0.2, -0.15) is 0 Å². The van der Waals surface area contributed by atoms with E-state index in [0.29, 0.717) is 17.0 Å². The molecular weight excluding hydrogens is 340 g/mol. The van der Waals surface area contributed by atoms with Gasteiger partial charge in [0.25, 0.3) is 5.69 Å². The van der Waals surface area contributed by atoms with Crippen LogP contribution in [-0.2, 0) is 13.2 Å². The third-order valence-electron chi connectivity index (χ3n) is 3.52. The number of hydrogen-bond donors (Lipinski definition) is 1. The van der Waals surface area contributed by atoms with Gasteiger partial charge in [0.15, 0.2) is 5.78 Å². The highest BCUT2D eigenvalue weighted by Crippen LogP contribution is 2.18. The number of nitrogens with zero attached hydrogens (tertiary/aromatic N) is 4. The molecule has 26 heavy (non-hydrogen) atoms. The first-order valence-corrected chi connectivity index (χ1v) is 7.60. The highest BCUT2D eigenvalue weighted by atomic mass is 16.6. The number of non-ortho nitro benzene ring substituents is 1. The summed E-state index contributed by atoms with van der Waals surface area (Å²) in [5.74, 6) is 0.385. The Bertz CT molecular complexity index is 919. The maximum Gasteiger partial charge on any atom is 0.269 e. The Labute approximate surface area is 147 Å². The summed E-state index contributed by atoms with van der Waals surface area (Å²) in [4.78, 5) is 22.3. The van der Waals surface area contributed by atoms with Crippen LogP contribution in [0.4, 0.5) is 5.69 Å². The van der Waals surface area contributed by atoms with Crippen LogP contribution in [0.3, 0.4) is 0 Å². The molecule has 1 heterocycles. The number of carbonyl (C=O) groups excluding carboxylic acids is 1. The zero-order chi connectivity index (χ0) is 18.5. The van der Waals surface area contributed by atoms with Crippen molar-refractivity contribution in [2.24, 2.45) is 0 Å². The Morgan fingerprint density at radius 1 is 1.15 bits per heavy atom. The van der Waals surface area contributed by atoms with Crippen molar-refractivity contribution in [3.05, 3.63) is 76.1 Å². The smallest absolute Gasteiger partial charge is 0.269 e. The van der Waals surface area contributed by atoms with Gasteiger partial charge < -0.3 is 9.84 Å². The van der Waals surface area contributed by atoms with Crippen LogP contribution >= 0.6 is 0 Å². The number of rotatable bonds is 7. The lowest BCUT2D eigenvalue weighted by Gasteiger charge is -2.03. The highest BCUT2D eigenvalue weighted by Gasteiger charge is 2.10. The van der Waals surface area contributed by atoms with Gasteiger partial charge in [-0.25, -0.2) is 4.68 Å². The lowest BCUT2D eigenvalue weighted by atomic mass is 10.1. The zero-order valence-corrected chi connectivity index (χ0v) is 13.5. The van der Waals surface area contributed by atoms with Crippen LogP contribution in [-0.4, -0.2) is 30.8 Å². The molecule has 0 aliphatic heterocycles. The van der Waals surface area contributed by atoms with Crippen LogP contribution in [0, 0.1) is 10.1 Å². The third-order valence-corrected chi connectivity index (χ3v) is 3.52. The number of ketones is 1. The van der Waals surface area contributed by atoms with E-state index in [1.807, 2.05) is 0 Å². The second-order valence-electron chi connectivity index (χ2n) is 5.42. The van der Waals surface area contributed by atoms with Crippen LogP contribution in [0.15, 0.2) is 54.7 Å². The van der Waals surface area contributed by atoms with Crippen molar-refractivity contribution < 1.29 is 19.6 Å². The number of phenolic OH excluding ortho intramolecular Hbond substituents is 1. The van der Waals surface area contributed by atoms with Gasteiger partial charge in [0.05, 0.1) is 11.1 Å². The standard InChI is InChI=1S/C17H14N4O5/c22-15-5-1-12(2-6-15)17(23)10-20-9-13(18-19-20)11-26-16-7-3-14(4-8-16)21(24)25/h1-9,22H,10-11H2. The van der Waals surface area contributed by atoms with Crippen LogP contribution in [0.1, 0.15) is 16.1 Å². The number of aromatic nitrogens is 3. The molecule has 0 aliphatic carbocycles. The molecule has 9 nitrogen and oxygen atoms in total. The molecule has 1 aromatic heterocycles. The molecule has 0 radical (unpaired) electrons. The van der Waals surface area contributed by atoms with E-state index in [9.17, 15) is 20.0 Å². The minimum atomic E-state index is -0.486. The fraction of sp³-hybridized carbons (Fsp3) is 0.118. The van der Waals surface area contributed by atoms with Gasteiger partial charge in [-0.1, -0.05) is 5.21 Å². The van der Waals surface area contributed by atoms with Crippen molar-refractivity contribution in [3.8, 4) is 11.5 Å². The number of hydrogen-bond acceptors (Lipinski definition) is 7. The van der Waals surface area contributed by atoms with Crippen molar-refractivity contribution in [2.75, 3.05) is 0 Å². The lowest BCUT2D eigenvalue weighted by Crippen LogP contribution is -2.10. The van der Waals surface area contributed by atoms with E-state index in [4.69, 9.17) is 4.74 Å². The summed E-state index contributed by atoms with van der Waals surface area (Å²) in [6, 6.07) is 11.6. The fourth-order valence-electron chi connectivity index (χ4n) is 2.19. The number of aromatic hydroxyl groups is 1. The summed E-state index contributed by atoms with van der Waals surface area (Å²) in [6.07, 6.45) is 1.59. The SMILES string of the molecule is O=C(Cn1cc(COc2ccc([N+](=O)[O-])cc2)nn1)c1ccc(O)cc1. The Hall–Kier alpha value is -3.75. The number of benzene rings is 2. The molecule has 0 spiro atoms. The lowest BCUT2D eigenvalue weighted by molar-refractivity contribution is -0.384. The van der Waals surface area contributed by atoms with E-state index in [0.717, 1.165) is 0 Å². The molecular formula is C17H14N4O5. The summed E-state index contributed by atoms with van der Waals surface area (Å²) in [5.41, 5.74) is 0.958. The first-order valence-electron chi connectivity index (χ1n) is 7.60. The summed E-state index contributed by atoms with van der Waals surface area (Å²) >= 11 is 0. The second kappa shape index (κ2) is 7.43. The van der Waals surface area contributed by atoms with E-state index >= 15 is 0 Å². The summed E-state index contributed by atoms with van der Waals surface area (Å²) in [7, 11) is 0. The van der Waals surface area contributed by atoms with Gasteiger partial charge in [-0.05, 0) is 36.4 Å². The Kier molecular flexibility index (Phi) is 4.88. The van der Waals surface area contributed by atoms with Crippen molar-refractivity contribution in [3.63, 3.8) is 0 Å². The van der Waals surface area contributed by atoms with Gasteiger partial charge >= 0.3 is 0 Å².